The summed E-state index contributed by atoms with van der Waals surface area (Å²) in [5.41, 5.74) is 0. The molecule has 0 spiro atoms. The summed E-state index contributed by atoms with van der Waals surface area (Å²) in [5.74, 6) is -0.341. The van der Waals surface area contributed by atoms with Crippen molar-refractivity contribution in [3.05, 3.63) is 0 Å². The van der Waals surface area contributed by atoms with Gasteiger partial charge < -0.3 is 14.8 Å². The number of esters is 1. The number of alkyl carbamates (subject to hydrolysis) is 1. The number of ether oxygens (including phenoxy) is 2. The van der Waals surface area contributed by atoms with Crippen molar-refractivity contribution in [1.29, 1.82) is 0 Å². The summed E-state index contributed by atoms with van der Waals surface area (Å²) >= 11 is 0. The van der Waals surface area contributed by atoms with Gasteiger partial charge in [0.1, 0.15) is 6.04 Å². The number of amides is 1. The smallest absolute Gasteiger partial charge is 0.407 e. The first-order chi connectivity index (χ1) is 15.2. The molecular formula is C26H51NO4. The molecule has 0 aliphatic heterocycles. The molecule has 31 heavy (non-hydrogen) atoms. The molecule has 0 aromatic carbocycles. The van der Waals surface area contributed by atoms with E-state index in [1.54, 1.807) is 6.92 Å². The quantitative estimate of drug-likeness (QED) is 0.138. The summed E-state index contributed by atoms with van der Waals surface area (Å²) in [5, 5.41) is 2.62. The molecule has 5 heteroatoms. The van der Waals surface area contributed by atoms with Crippen LogP contribution in [0.5, 0.6) is 0 Å². The summed E-state index contributed by atoms with van der Waals surface area (Å²) < 4.78 is 10.3. The van der Waals surface area contributed by atoms with Crippen LogP contribution in [-0.2, 0) is 14.3 Å². The molecule has 0 aromatic rings. The third kappa shape index (κ3) is 20.4. The van der Waals surface area contributed by atoms with Gasteiger partial charge in [-0.15, -0.1) is 0 Å². The summed E-state index contributed by atoms with van der Waals surface area (Å²) in [7, 11) is 0. The van der Waals surface area contributed by atoms with E-state index in [2.05, 4.69) is 19.2 Å². The Morgan fingerprint density at radius 1 is 0.613 bits per heavy atom. The largest absolute Gasteiger partial charge is 0.464 e. The summed E-state index contributed by atoms with van der Waals surface area (Å²) in [4.78, 5) is 23.8. The van der Waals surface area contributed by atoms with E-state index in [0.717, 1.165) is 25.7 Å². The molecule has 1 amide bonds. The minimum atomic E-state index is -0.602. The number of rotatable bonds is 22. The maximum Gasteiger partial charge on any atom is 0.407 e. The first kappa shape index (κ1) is 29.7. The number of unbranched alkanes of at least 4 members (excludes halogenated alkanes) is 15. The van der Waals surface area contributed by atoms with E-state index < -0.39 is 12.1 Å². The molecule has 0 heterocycles. The molecule has 0 aliphatic carbocycles. The van der Waals surface area contributed by atoms with Crippen LogP contribution >= 0.6 is 0 Å². The van der Waals surface area contributed by atoms with E-state index in [9.17, 15) is 9.59 Å². The molecule has 0 fully saturated rings. The van der Waals surface area contributed by atoms with E-state index in [1.165, 1.54) is 83.5 Å². The van der Waals surface area contributed by atoms with Crippen LogP contribution in [0.4, 0.5) is 4.79 Å². The highest BCUT2D eigenvalue weighted by Crippen LogP contribution is 2.13. The van der Waals surface area contributed by atoms with Crippen molar-refractivity contribution in [2.24, 2.45) is 0 Å². The van der Waals surface area contributed by atoms with Crippen LogP contribution in [0.15, 0.2) is 0 Å². The number of hydrogen-bond donors (Lipinski definition) is 1. The van der Waals surface area contributed by atoms with Gasteiger partial charge in [0.2, 0.25) is 0 Å². The predicted octanol–water partition coefficient (Wildman–Crippen LogP) is 7.71. The van der Waals surface area contributed by atoms with Gasteiger partial charge in [-0.3, -0.25) is 0 Å². The fraction of sp³-hybridized carbons (Fsp3) is 0.923. The third-order valence-electron chi connectivity index (χ3n) is 5.69. The first-order valence-corrected chi connectivity index (χ1v) is 13.3. The van der Waals surface area contributed by atoms with Gasteiger partial charge in [-0.05, 0) is 19.8 Å². The molecule has 0 aliphatic rings. The number of carbonyl (C=O) groups is 2. The lowest BCUT2D eigenvalue weighted by Crippen LogP contribution is -2.42. The highest BCUT2D eigenvalue weighted by molar-refractivity contribution is 5.81. The van der Waals surface area contributed by atoms with E-state index in [-0.39, 0.29) is 5.97 Å². The van der Waals surface area contributed by atoms with Crippen LogP contribution in [-0.4, -0.2) is 31.3 Å². The van der Waals surface area contributed by atoms with Crippen molar-refractivity contribution >= 4 is 12.1 Å². The Bertz CT molecular complexity index is 414. The molecule has 1 N–H and O–H groups in total. The highest BCUT2D eigenvalue weighted by atomic mass is 16.6. The van der Waals surface area contributed by atoms with Crippen molar-refractivity contribution in [3.8, 4) is 0 Å². The van der Waals surface area contributed by atoms with E-state index in [1.807, 2.05) is 0 Å². The van der Waals surface area contributed by atoms with Crippen molar-refractivity contribution in [2.45, 2.75) is 142 Å². The first-order valence-electron chi connectivity index (χ1n) is 13.3. The minimum absolute atomic E-state index is 0.292. The zero-order valence-electron chi connectivity index (χ0n) is 20.9. The van der Waals surface area contributed by atoms with Crippen LogP contribution in [0.1, 0.15) is 136 Å². The second-order valence-electron chi connectivity index (χ2n) is 8.68. The van der Waals surface area contributed by atoms with E-state index in [4.69, 9.17) is 9.47 Å². The topological polar surface area (TPSA) is 64.6 Å². The lowest BCUT2D eigenvalue weighted by molar-refractivity contribution is -0.146. The Morgan fingerprint density at radius 2 is 1.06 bits per heavy atom. The Morgan fingerprint density at radius 3 is 1.52 bits per heavy atom. The summed E-state index contributed by atoms with van der Waals surface area (Å²) in [6.07, 6.45) is 21.6. The van der Waals surface area contributed by atoms with Crippen molar-refractivity contribution in [3.63, 3.8) is 0 Å². The molecule has 0 rings (SSSR count). The Balaban J connectivity index is 3.56. The average Bonchev–Trinajstić information content (AvgIpc) is 2.76. The van der Waals surface area contributed by atoms with Gasteiger partial charge in [-0.2, -0.15) is 0 Å². The van der Waals surface area contributed by atoms with E-state index in [0.29, 0.717) is 19.6 Å². The molecule has 0 aromatic heterocycles. The predicted molar refractivity (Wildman–Crippen MR) is 129 cm³/mol. The zero-order valence-corrected chi connectivity index (χ0v) is 20.9. The van der Waals surface area contributed by atoms with Crippen molar-refractivity contribution in [2.75, 3.05) is 13.2 Å². The summed E-state index contributed by atoms with van der Waals surface area (Å²) in [6, 6.07) is -0.602. The lowest BCUT2D eigenvalue weighted by Gasteiger charge is -2.17. The lowest BCUT2D eigenvalue weighted by atomic mass is 10.0. The van der Waals surface area contributed by atoms with Gasteiger partial charge in [0.05, 0.1) is 13.2 Å². The van der Waals surface area contributed by atoms with Gasteiger partial charge in [0.15, 0.2) is 0 Å². The normalized spacial score (nSPS) is 11.8. The van der Waals surface area contributed by atoms with Crippen LogP contribution < -0.4 is 5.32 Å². The molecule has 0 radical (unpaired) electrons. The Hall–Kier alpha value is -1.26. The molecule has 184 valence electrons. The second kappa shape index (κ2) is 23.4. The van der Waals surface area contributed by atoms with Gasteiger partial charge in [-0.25, -0.2) is 9.59 Å². The van der Waals surface area contributed by atoms with E-state index >= 15 is 0 Å². The minimum Gasteiger partial charge on any atom is -0.464 e. The van der Waals surface area contributed by atoms with Crippen LogP contribution in [0, 0.1) is 0 Å². The van der Waals surface area contributed by atoms with Crippen LogP contribution in [0.3, 0.4) is 0 Å². The van der Waals surface area contributed by atoms with Crippen molar-refractivity contribution in [1.82, 2.24) is 5.32 Å². The molecule has 1 atom stereocenters. The molecule has 1 unspecified atom stereocenters. The number of hydrogen-bond acceptors (Lipinski definition) is 4. The Labute approximate surface area is 192 Å². The van der Waals surface area contributed by atoms with Gasteiger partial charge in [0, 0.05) is 0 Å². The SMILES string of the molecule is CCCCCCCCCCCCCCCCCOC(=O)C(CCCC)NC(=O)OCC. The standard InChI is InChI=1S/C26H51NO4/c1-4-7-9-10-11-12-13-14-15-16-17-18-19-20-21-23-31-25(28)24(22-8-5-2)27-26(29)30-6-3/h24H,4-23H2,1-3H3,(H,27,29). The van der Waals surface area contributed by atoms with Gasteiger partial charge in [-0.1, -0.05) is 117 Å². The molecule has 0 saturated heterocycles. The van der Waals surface area contributed by atoms with Crippen LogP contribution in [0.2, 0.25) is 0 Å². The molecular weight excluding hydrogens is 390 g/mol. The van der Waals surface area contributed by atoms with Gasteiger partial charge in [0.25, 0.3) is 0 Å². The highest BCUT2D eigenvalue weighted by Gasteiger charge is 2.22. The molecule has 0 saturated carbocycles. The fourth-order valence-corrected chi connectivity index (χ4v) is 3.72. The average molecular weight is 442 g/mol. The van der Waals surface area contributed by atoms with Crippen molar-refractivity contribution < 1.29 is 19.1 Å². The third-order valence-corrected chi connectivity index (χ3v) is 5.69. The second-order valence-corrected chi connectivity index (χ2v) is 8.68. The van der Waals surface area contributed by atoms with Gasteiger partial charge >= 0.3 is 12.1 Å². The molecule has 0 bridgehead atoms. The maximum absolute atomic E-state index is 12.2. The Kier molecular flexibility index (Phi) is 22.5. The number of carbonyl (C=O) groups excluding carboxylic acids is 2. The number of nitrogens with one attached hydrogen (secondary N) is 1. The molecule has 5 nitrogen and oxygen atoms in total. The zero-order chi connectivity index (χ0) is 23.0. The summed E-state index contributed by atoms with van der Waals surface area (Å²) in [6.45, 7) is 6.80. The van der Waals surface area contributed by atoms with Crippen LogP contribution in [0.25, 0.3) is 0 Å². The monoisotopic (exact) mass is 441 g/mol. The maximum atomic E-state index is 12.2. The fourth-order valence-electron chi connectivity index (χ4n) is 3.72.